The zero-order valence-corrected chi connectivity index (χ0v) is 6.97. The van der Waals surface area contributed by atoms with Crippen molar-refractivity contribution in [2.45, 2.75) is 19.3 Å². The highest BCUT2D eigenvalue weighted by Crippen LogP contribution is 2.48. The summed E-state index contributed by atoms with van der Waals surface area (Å²) in [6.45, 7) is 3.99. The van der Waals surface area contributed by atoms with Gasteiger partial charge in [0.05, 0.1) is 11.5 Å². The van der Waals surface area contributed by atoms with Crippen LogP contribution in [0, 0.1) is 16.7 Å². The fraction of sp³-hybridized carbons (Fsp3) is 0.556. The normalized spacial score (nSPS) is 17.6. The van der Waals surface area contributed by atoms with E-state index in [2.05, 4.69) is 11.9 Å². The van der Waals surface area contributed by atoms with Crippen LogP contribution >= 0.6 is 0 Å². The molecule has 1 saturated carbocycles. The van der Waals surface area contributed by atoms with Gasteiger partial charge in [-0.1, -0.05) is 6.08 Å². The van der Waals surface area contributed by atoms with E-state index in [1.165, 1.54) is 0 Å². The van der Waals surface area contributed by atoms with E-state index in [0.717, 1.165) is 12.8 Å². The molecule has 0 saturated heterocycles. The summed E-state index contributed by atoms with van der Waals surface area (Å²) in [6.07, 6.45) is 3.68. The van der Waals surface area contributed by atoms with Crippen LogP contribution in [-0.2, 0) is 4.79 Å². The maximum Gasteiger partial charge on any atom is 0.227 e. The minimum atomic E-state index is -0.349. The third-order valence-corrected chi connectivity index (χ3v) is 2.16. The lowest BCUT2D eigenvalue weighted by atomic mass is 10.0. The van der Waals surface area contributed by atoms with Crippen molar-refractivity contribution < 1.29 is 4.79 Å². The first-order valence-corrected chi connectivity index (χ1v) is 4.01. The van der Waals surface area contributed by atoms with Gasteiger partial charge in [0.1, 0.15) is 0 Å². The highest BCUT2D eigenvalue weighted by Gasteiger charge is 2.49. The number of amides is 1. The average Bonchev–Trinajstić information content (AvgIpc) is 2.82. The molecule has 0 aliphatic heterocycles. The molecule has 1 aliphatic carbocycles. The van der Waals surface area contributed by atoms with Gasteiger partial charge in [0.15, 0.2) is 0 Å². The Balaban J connectivity index is 2.41. The van der Waals surface area contributed by atoms with Crippen LogP contribution in [0.25, 0.3) is 0 Å². The van der Waals surface area contributed by atoms with Crippen molar-refractivity contribution in [3.63, 3.8) is 0 Å². The number of hydrogen-bond donors (Lipinski definition) is 1. The second kappa shape index (κ2) is 3.40. The van der Waals surface area contributed by atoms with Crippen LogP contribution < -0.4 is 5.32 Å². The lowest BCUT2D eigenvalue weighted by Gasteiger charge is -2.09. The summed E-state index contributed by atoms with van der Waals surface area (Å²) in [6, 6.07) is 2.04. The predicted molar refractivity (Wildman–Crippen MR) is 45.1 cm³/mol. The van der Waals surface area contributed by atoms with Gasteiger partial charge in [-0.2, -0.15) is 5.26 Å². The Hall–Kier alpha value is -1.30. The minimum absolute atomic E-state index is 0.00366. The van der Waals surface area contributed by atoms with Crippen LogP contribution in [0.2, 0.25) is 0 Å². The lowest BCUT2D eigenvalue weighted by molar-refractivity contribution is -0.125. The maximum atomic E-state index is 11.4. The molecule has 0 radical (unpaired) electrons. The highest BCUT2D eigenvalue weighted by molar-refractivity contribution is 5.85. The summed E-state index contributed by atoms with van der Waals surface area (Å²) < 4.78 is 0. The van der Waals surface area contributed by atoms with Crippen molar-refractivity contribution >= 4 is 5.91 Å². The van der Waals surface area contributed by atoms with Crippen LogP contribution in [-0.4, -0.2) is 12.5 Å². The molecule has 3 nitrogen and oxygen atoms in total. The number of nitriles is 1. The van der Waals surface area contributed by atoms with Gasteiger partial charge in [-0.15, -0.1) is 6.58 Å². The first kappa shape index (κ1) is 8.79. The summed E-state index contributed by atoms with van der Waals surface area (Å²) in [5.74, 6) is 0.00366. The summed E-state index contributed by atoms with van der Waals surface area (Å²) >= 11 is 0. The zero-order valence-electron chi connectivity index (χ0n) is 6.97. The maximum absolute atomic E-state index is 11.4. The molecule has 0 heterocycles. The van der Waals surface area contributed by atoms with Crippen molar-refractivity contribution in [1.82, 2.24) is 5.32 Å². The van der Waals surface area contributed by atoms with E-state index in [0.29, 0.717) is 13.0 Å². The molecule has 1 N–H and O–H groups in total. The fourth-order valence-corrected chi connectivity index (χ4v) is 1.14. The van der Waals surface area contributed by atoms with Gasteiger partial charge in [-0.3, -0.25) is 4.79 Å². The Kier molecular flexibility index (Phi) is 2.49. The van der Waals surface area contributed by atoms with Crippen LogP contribution in [0.1, 0.15) is 19.3 Å². The fourth-order valence-electron chi connectivity index (χ4n) is 1.14. The number of nitrogens with one attached hydrogen (secondary N) is 1. The van der Waals surface area contributed by atoms with Gasteiger partial charge in [-0.25, -0.2) is 0 Å². The summed E-state index contributed by atoms with van der Waals surface area (Å²) in [5, 5.41) is 11.2. The smallest absolute Gasteiger partial charge is 0.227 e. The molecule has 12 heavy (non-hydrogen) atoms. The van der Waals surface area contributed by atoms with Crippen molar-refractivity contribution in [2.24, 2.45) is 5.41 Å². The van der Waals surface area contributed by atoms with Crippen molar-refractivity contribution in [1.29, 1.82) is 5.26 Å². The number of carbonyl (C=O) groups excluding carboxylic acids is 1. The second-order valence-corrected chi connectivity index (χ2v) is 3.11. The Bertz CT molecular complexity index is 235. The number of carbonyl (C=O) groups is 1. The number of hydrogen-bond acceptors (Lipinski definition) is 2. The molecule has 1 amide bonds. The zero-order chi connectivity index (χ0) is 9.03. The van der Waals surface area contributed by atoms with Gasteiger partial charge in [0.2, 0.25) is 5.91 Å². The molecule has 0 bridgehead atoms. The van der Waals surface area contributed by atoms with E-state index in [1.54, 1.807) is 6.08 Å². The molecule has 0 unspecified atom stereocenters. The van der Waals surface area contributed by atoms with E-state index in [4.69, 9.17) is 5.26 Å². The van der Waals surface area contributed by atoms with Crippen molar-refractivity contribution in [3.05, 3.63) is 12.7 Å². The molecule has 1 rings (SSSR count). The third kappa shape index (κ3) is 1.65. The van der Waals surface area contributed by atoms with Gasteiger partial charge in [0, 0.05) is 13.0 Å². The topological polar surface area (TPSA) is 52.9 Å². The monoisotopic (exact) mass is 164 g/mol. The molecule has 0 aromatic heterocycles. The first-order chi connectivity index (χ1) is 5.75. The van der Waals surface area contributed by atoms with Crippen LogP contribution in [0.5, 0.6) is 0 Å². The highest BCUT2D eigenvalue weighted by atomic mass is 16.2. The van der Waals surface area contributed by atoms with Crippen LogP contribution in [0.15, 0.2) is 12.7 Å². The molecule has 3 heteroatoms. The van der Waals surface area contributed by atoms with Gasteiger partial charge < -0.3 is 5.32 Å². The Morgan fingerprint density at radius 1 is 1.75 bits per heavy atom. The van der Waals surface area contributed by atoms with E-state index in [1.807, 2.05) is 6.07 Å². The number of nitrogens with zero attached hydrogens (tertiary/aromatic N) is 1. The predicted octanol–water partition coefficient (Wildman–Crippen LogP) is 0.982. The molecule has 64 valence electrons. The van der Waals surface area contributed by atoms with Gasteiger partial charge in [-0.05, 0) is 12.8 Å². The summed E-state index contributed by atoms with van der Waals surface area (Å²) in [5.41, 5.74) is -0.349. The summed E-state index contributed by atoms with van der Waals surface area (Å²) in [7, 11) is 0. The standard InChI is InChI=1S/C9H12N2O/c1-2-7-11-8(12)9(3-4-9)5-6-10/h2H,1,3-5,7H2,(H,11,12). The molecular weight excluding hydrogens is 152 g/mol. The SMILES string of the molecule is C=CCNC(=O)C1(CC#N)CC1. The van der Waals surface area contributed by atoms with E-state index in [-0.39, 0.29) is 11.3 Å². The lowest BCUT2D eigenvalue weighted by Crippen LogP contribution is -2.31. The minimum Gasteiger partial charge on any atom is -0.352 e. The van der Waals surface area contributed by atoms with Crippen LogP contribution in [0.4, 0.5) is 0 Å². The quantitative estimate of drug-likeness (QED) is 0.630. The second-order valence-electron chi connectivity index (χ2n) is 3.11. The largest absolute Gasteiger partial charge is 0.352 e. The third-order valence-electron chi connectivity index (χ3n) is 2.16. The van der Waals surface area contributed by atoms with Gasteiger partial charge in [0.25, 0.3) is 0 Å². The van der Waals surface area contributed by atoms with E-state index in [9.17, 15) is 4.79 Å². The molecule has 0 aromatic carbocycles. The average molecular weight is 164 g/mol. The first-order valence-electron chi connectivity index (χ1n) is 4.01. The molecule has 0 atom stereocenters. The Morgan fingerprint density at radius 3 is 2.83 bits per heavy atom. The summed E-state index contributed by atoms with van der Waals surface area (Å²) in [4.78, 5) is 11.4. The molecule has 1 fully saturated rings. The molecule has 0 spiro atoms. The van der Waals surface area contributed by atoms with E-state index >= 15 is 0 Å². The molecule has 1 aliphatic rings. The molecular formula is C9H12N2O. The van der Waals surface area contributed by atoms with Crippen molar-refractivity contribution in [2.75, 3.05) is 6.54 Å². The van der Waals surface area contributed by atoms with Crippen LogP contribution in [0.3, 0.4) is 0 Å². The van der Waals surface area contributed by atoms with Gasteiger partial charge >= 0.3 is 0 Å². The van der Waals surface area contributed by atoms with Crippen molar-refractivity contribution in [3.8, 4) is 6.07 Å². The number of rotatable bonds is 4. The molecule has 0 aromatic rings. The van der Waals surface area contributed by atoms with E-state index < -0.39 is 0 Å². The Morgan fingerprint density at radius 2 is 2.42 bits per heavy atom. The Labute approximate surface area is 72.1 Å².